The second-order valence-electron chi connectivity index (χ2n) is 3.29. The first kappa shape index (κ1) is 13.6. The molecule has 1 rings (SSSR count). The number of nitrogens with two attached hydrogens (primary N) is 1. The van der Waals surface area contributed by atoms with Crippen LogP contribution in [0.1, 0.15) is 12.5 Å². The molecule has 0 atom stereocenters. The number of hydrogen-bond donors (Lipinski definition) is 1. The lowest BCUT2D eigenvalue weighted by molar-refractivity contribution is 0.0193. The summed E-state index contributed by atoms with van der Waals surface area (Å²) in [5.41, 5.74) is 6.51. The van der Waals surface area contributed by atoms with Gasteiger partial charge in [-0.1, -0.05) is 0 Å². The minimum absolute atomic E-state index is 0.158. The van der Waals surface area contributed by atoms with Gasteiger partial charge in [-0.05, 0) is 24.6 Å². The summed E-state index contributed by atoms with van der Waals surface area (Å²) in [6.45, 7) is 3.06. The third-order valence-electron chi connectivity index (χ3n) is 2.25. The molecule has 0 spiro atoms. The summed E-state index contributed by atoms with van der Waals surface area (Å²) in [6.07, 6.45) is 0. The van der Waals surface area contributed by atoms with E-state index in [1.807, 2.05) is 19.1 Å². The van der Waals surface area contributed by atoms with Crippen molar-refractivity contribution in [2.24, 2.45) is 5.73 Å². The molecule has 17 heavy (non-hydrogen) atoms. The Kier molecular flexibility index (Phi) is 5.59. The highest BCUT2D eigenvalue weighted by molar-refractivity contribution is 5.53. The monoisotopic (exact) mass is 241 g/mol. The molecule has 5 nitrogen and oxygen atoms in total. The fourth-order valence-corrected chi connectivity index (χ4v) is 1.38. The number of methoxy groups -OCH3 is 2. The van der Waals surface area contributed by atoms with Gasteiger partial charge in [0, 0.05) is 13.2 Å². The summed E-state index contributed by atoms with van der Waals surface area (Å²) in [7, 11) is 3.14. The van der Waals surface area contributed by atoms with Crippen molar-refractivity contribution < 1.29 is 18.9 Å². The molecule has 1 aromatic rings. The van der Waals surface area contributed by atoms with Gasteiger partial charge in [-0.15, -0.1) is 0 Å². The Morgan fingerprint density at radius 1 is 1.12 bits per heavy atom. The Morgan fingerprint density at radius 3 is 2.12 bits per heavy atom. The van der Waals surface area contributed by atoms with E-state index in [0.29, 0.717) is 30.4 Å². The topological polar surface area (TPSA) is 62.9 Å². The molecule has 0 aliphatic carbocycles. The number of benzene rings is 1. The van der Waals surface area contributed by atoms with Gasteiger partial charge in [0.2, 0.25) is 5.75 Å². The van der Waals surface area contributed by atoms with Crippen LogP contribution in [0.3, 0.4) is 0 Å². The fraction of sp³-hybridized carbons (Fsp3) is 0.500. The minimum Gasteiger partial charge on any atom is -0.493 e. The van der Waals surface area contributed by atoms with E-state index < -0.39 is 0 Å². The average Bonchev–Trinajstić information content (AvgIpc) is 2.38. The maximum Gasteiger partial charge on any atom is 0.206 e. The highest BCUT2D eigenvalue weighted by atomic mass is 16.7. The molecular weight excluding hydrogens is 222 g/mol. The zero-order chi connectivity index (χ0) is 12.7. The van der Waals surface area contributed by atoms with E-state index >= 15 is 0 Å². The van der Waals surface area contributed by atoms with Crippen molar-refractivity contribution in [1.29, 1.82) is 0 Å². The standard InChI is InChI=1S/C12H19NO4/c1-4-16-8-17-12-10(14-2)5-9(7-13)6-11(12)15-3/h5-6H,4,7-8,13H2,1-3H3. The maximum atomic E-state index is 5.59. The Labute approximate surface area is 101 Å². The Morgan fingerprint density at radius 2 is 1.71 bits per heavy atom. The van der Waals surface area contributed by atoms with Crippen LogP contribution in [-0.4, -0.2) is 27.6 Å². The Bertz CT molecular complexity index is 329. The van der Waals surface area contributed by atoms with Crippen LogP contribution in [0.5, 0.6) is 17.2 Å². The highest BCUT2D eigenvalue weighted by Crippen LogP contribution is 2.38. The number of hydrogen-bond acceptors (Lipinski definition) is 5. The molecule has 0 amide bonds. The van der Waals surface area contributed by atoms with E-state index in [1.54, 1.807) is 14.2 Å². The van der Waals surface area contributed by atoms with Crippen LogP contribution in [0.2, 0.25) is 0 Å². The summed E-state index contributed by atoms with van der Waals surface area (Å²) in [6, 6.07) is 3.65. The van der Waals surface area contributed by atoms with Crippen LogP contribution in [0.4, 0.5) is 0 Å². The second kappa shape index (κ2) is 6.98. The molecule has 5 heteroatoms. The van der Waals surface area contributed by atoms with Crippen LogP contribution < -0.4 is 19.9 Å². The molecule has 1 aromatic carbocycles. The number of ether oxygens (including phenoxy) is 4. The van der Waals surface area contributed by atoms with Gasteiger partial charge in [-0.2, -0.15) is 0 Å². The van der Waals surface area contributed by atoms with Crippen molar-refractivity contribution >= 4 is 0 Å². The predicted octanol–water partition coefficient (Wildman–Crippen LogP) is 1.54. The maximum absolute atomic E-state index is 5.59. The van der Waals surface area contributed by atoms with Crippen molar-refractivity contribution in [2.75, 3.05) is 27.6 Å². The molecule has 0 heterocycles. The van der Waals surface area contributed by atoms with E-state index in [0.717, 1.165) is 5.56 Å². The molecule has 2 N–H and O–H groups in total. The first-order chi connectivity index (χ1) is 8.26. The molecule has 0 bridgehead atoms. The lowest BCUT2D eigenvalue weighted by atomic mass is 10.2. The first-order valence-corrected chi connectivity index (χ1v) is 5.42. The van der Waals surface area contributed by atoms with Crippen molar-refractivity contribution in [3.05, 3.63) is 17.7 Å². The van der Waals surface area contributed by atoms with Crippen LogP contribution in [0, 0.1) is 0 Å². The zero-order valence-electron chi connectivity index (χ0n) is 10.5. The summed E-state index contributed by atoms with van der Waals surface area (Å²) >= 11 is 0. The lowest BCUT2D eigenvalue weighted by Crippen LogP contribution is -2.06. The highest BCUT2D eigenvalue weighted by Gasteiger charge is 2.13. The molecule has 0 saturated heterocycles. The number of rotatable bonds is 7. The van der Waals surface area contributed by atoms with Gasteiger partial charge in [-0.3, -0.25) is 0 Å². The Hall–Kier alpha value is -1.46. The molecule has 96 valence electrons. The van der Waals surface area contributed by atoms with Crippen molar-refractivity contribution in [3.63, 3.8) is 0 Å². The average molecular weight is 241 g/mol. The molecule has 0 unspecified atom stereocenters. The molecule has 0 aromatic heterocycles. The smallest absolute Gasteiger partial charge is 0.206 e. The molecule has 0 radical (unpaired) electrons. The van der Waals surface area contributed by atoms with Crippen molar-refractivity contribution in [1.82, 2.24) is 0 Å². The summed E-state index contributed by atoms with van der Waals surface area (Å²) < 4.78 is 21.1. The molecular formula is C12H19NO4. The van der Waals surface area contributed by atoms with Crippen LogP contribution in [0.15, 0.2) is 12.1 Å². The van der Waals surface area contributed by atoms with E-state index in [9.17, 15) is 0 Å². The SMILES string of the molecule is CCOCOc1c(OC)cc(CN)cc1OC. The first-order valence-electron chi connectivity index (χ1n) is 5.42. The molecule has 0 saturated carbocycles. The second-order valence-corrected chi connectivity index (χ2v) is 3.29. The van der Waals surface area contributed by atoms with Gasteiger partial charge in [0.05, 0.1) is 14.2 Å². The molecule has 0 fully saturated rings. The summed E-state index contributed by atoms with van der Waals surface area (Å²) in [5, 5.41) is 0. The minimum atomic E-state index is 0.158. The van der Waals surface area contributed by atoms with Crippen LogP contribution in [0.25, 0.3) is 0 Å². The van der Waals surface area contributed by atoms with Crippen LogP contribution >= 0.6 is 0 Å². The normalized spacial score (nSPS) is 10.1. The van der Waals surface area contributed by atoms with E-state index in [1.165, 1.54) is 0 Å². The summed E-state index contributed by atoms with van der Waals surface area (Å²) in [5.74, 6) is 1.70. The van der Waals surface area contributed by atoms with E-state index in [2.05, 4.69) is 0 Å². The van der Waals surface area contributed by atoms with Crippen molar-refractivity contribution in [2.45, 2.75) is 13.5 Å². The van der Waals surface area contributed by atoms with Gasteiger partial charge in [-0.25, -0.2) is 0 Å². The Balaban J connectivity index is 2.98. The van der Waals surface area contributed by atoms with Crippen molar-refractivity contribution in [3.8, 4) is 17.2 Å². The van der Waals surface area contributed by atoms with E-state index in [-0.39, 0.29) is 6.79 Å². The third kappa shape index (κ3) is 3.51. The van der Waals surface area contributed by atoms with E-state index in [4.69, 9.17) is 24.7 Å². The van der Waals surface area contributed by atoms with Gasteiger partial charge in [0.25, 0.3) is 0 Å². The molecule has 0 aliphatic rings. The van der Waals surface area contributed by atoms with Gasteiger partial charge in [0.1, 0.15) is 0 Å². The predicted molar refractivity (Wildman–Crippen MR) is 64.6 cm³/mol. The summed E-state index contributed by atoms with van der Waals surface area (Å²) in [4.78, 5) is 0. The zero-order valence-corrected chi connectivity index (χ0v) is 10.5. The largest absolute Gasteiger partial charge is 0.493 e. The third-order valence-corrected chi connectivity index (χ3v) is 2.25. The fourth-order valence-electron chi connectivity index (χ4n) is 1.38. The van der Waals surface area contributed by atoms with Gasteiger partial charge >= 0.3 is 0 Å². The molecule has 0 aliphatic heterocycles. The quantitative estimate of drug-likeness (QED) is 0.579. The van der Waals surface area contributed by atoms with Gasteiger partial charge < -0.3 is 24.7 Å². The van der Waals surface area contributed by atoms with Gasteiger partial charge in [0.15, 0.2) is 18.3 Å². The van der Waals surface area contributed by atoms with Crippen LogP contribution in [-0.2, 0) is 11.3 Å². The lowest BCUT2D eigenvalue weighted by Gasteiger charge is -2.15.